The SMILES string of the molecule is CCNCC1CCN(C(=O)C2(Cc3cccc(OC)c3)CC3CCC2C3)CC1.Cl. The molecule has 0 spiro atoms. The third kappa shape index (κ3) is 4.59. The highest BCUT2D eigenvalue weighted by molar-refractivity contribution is 5.85. The molecule has 1 aliphatic heterocycles. The summed E-state index contributed by atoms with van der Waals surface area (Å²) in [6.45, 7) is 6.17. The van der Waals surface area contributed by atoms with E-state index in [1.54, 1.807) is 7.11 Å². The number of ether oxygens (including phenoxy) is 1. The lowest BCUT2D eigenvalue weighted by Crippen LogP contribution is -2.51. The Kier molecular flexibility index (Phi) is 7.50. The second-order valence-corrected chi connectivity index (χ2v) is 9.31. The van der Waals surface area contributed by atoms with Crippen LogP contribution in [0.15, 0.2) is 24.3 Å². The fourth-order valence-electron chi connectivity index (χ4n) is 6.15. The van der Waals surface area contributed by atoms with Crippen LogP contribution in [-0.2, 0) is 11.2 Å². The summed E-state index contributed by atoms with van der Waals surface area (Å²) in [5.41, 5.74) is 1.08. The highest BCUT2D eigenvalue weighted by Gasteiger charge is 2.56. The Balaban J connectivity index is 0.00000240. The molecule has 162 valence electrons. The van der Waals surface area contributed by atoms with Gasteiger partial charge in [-0.25, -0.2) is 0 Å². The van der Waals surface area contributed by atoms with Gasteiger partial charge in [0.1, 0.15) is 5.75 Å². The first-order valence-corrected chi connectivity index (χ1v) is 11.3. The first-order valence-electron chi connectivity index (χ1n) is 11.3. The summed E-state index contributed by atoms with van der Waals surface area (Å²) in [7, 11) is 1.72. The standard InChI is InChI=1S/C24H36N2O2.ClH/c1-3-25-17-18-9-11-26(12-10-18)23(27)24(16-20-7-8-21(24)13-20)15-19-5-4-6-22(14-19)28-2;/h4-6,14,18,20-21,25H,3,7-13,15-17H2,1-2H3;1H. The summed E-state index contributed by atoms with van der Waals surface area (Å²) in [4.78, 5) is 16.1. The minimum absolute atomic E-state index is 0. The van der Waals surface area contributed by atoms with Gasteiger partial charge in [0.05, 0.1) is 12.5 Å². The van der Waals surface area contributed by atoms with Crippen molar-refractivity contribution < 1.29 is 9.53 Å². The maximum Gasteiger partial charge on any atom is 0.229 e. The lowest BCUT2D eigenvalue weighted by Gasteiger charge is -2.43. The highest BCUT2D eigenvalue weighted by atomic mass is 35.5. The molecule has 0 aromatic heterocycles. The van der Waals surface area contributed by atoms with Gasteiger partial charge in [-0.15, -0.1) is 12.4 Å². The van der Waals surface area contributed by atoms with Gasteiger partial charge in [0.15, 0.2) is 0 Å². The molecule has 2 saturated carbocycles. The van der Waals surface area contributed by atoms with Crippen molar-refractivity contribution in [1.29, 1.82) is 0 Å². The number of amides is 1. The topological polar surface area (TPSA) is 41.6 Å². The fraction of sp³-hybridized carbons (Fsp3) is 0.708. The predicted molar refractivity (Wildman–Crippen MR) is 120 cm³/mol. The third-order valence-corrected chi connectivity index (χ3v) is 7.64. The van der Waals surface area contributed by atoms with E-state index in [9.17, 15) is 4.79 Å². The summed E-state index contributed by atoms with van der Waals surface area (Å²) >= 11 is 0. The Morgan fingerprint density at radius 1 is 1.24 bits per heavy atom. The molecular formula is C24H37ClN2O2. The molecular weight excluding hydrogens is 384 g/mol. The normalized spacial score (nSPS) is 29.0. The number of likely N-dealkylation sites (tertiary alicyclic amines) is 1. The number of piperidine rings is 1. The number of rotatable bonds is 7. The zero-order valence-corrected chi connectivity index (χ0v) is 18.8. The molecule has 1 aromatic carbocycles. The van der Waals surface area contributed by atoms with Crippen LogP contribution in [0.2, 0.25) is 0 Å². The van der Waals surface area contributed by atoms with Crippen LogP contribution in [0.25, 0.3) is 0 Å². The van der Waals surface area contributed by atoms with Gasteiger partial charge in [-0.05, 0) is 87.1 Å². The van der Waals surface area contributed by atoms with Crippen LogP contribution in [0.3, 0.4) is 0 Å². The highest BCUT2D eigenvalue weighted by Crippen LogP contribution is 2.58. The Morgan fingerprint density at radius 3 is 2.66 bits per heavy atom. The maximum absolute atomic E-state index is 13.9. The van der Waals surface area contributed by atoms with Crippen molar-refractivity contribution in [2.45, 2.75) is 51.9 Å². The van der Waals surface area contributed by atoms with Crippen LogP contribution in [0, 0.1) is 23.2 Å². The number of halogens is 1. The maximum atomic E-state index is 13.9. The summed E-state index contributed by atoms with van der Waals surface area (Å²) < 4.78 is 5.43. The minimum Gasteiger partial charge on any atom is -0.497 e. The van der Waals surface area contributed by atoms with Crippen LogP contribution in [0.1, 0.15) is 51.0 Å². The van der Waals surface area contributed by atoms with E-state index in [2.05, 4.69) is 35.3 Å². The number of nitrogens with zero attached hydrogens (tertiary/aromatic N) is 1. The average molecular weight is 421 g/mol. The molecule has 2 bridgehead atoms. The molecule has 1 saturated heterocycles. The van der Waals surface area contributed by atoms with E-state index in [4.69, 9.17) is 4.74 Å². The molecule has 1 aromatic rings. The molecule has 3 fully saturated rings. The second-order valence-electron chi connectivity index (χ2n) is 9.31. The lowest BCUT2D eigenvalue weighted by atomic mass is 9.68. The van der Waals surface area contributed by atoms with Crippen LogP contribution in [0.5, 0.6) is 5.75 Å². The number of carbonyl (C=O) groups excluding carboxylic acids is 1. The molecule has 4 rings (SSSR count). The molecule has 1 N–H and O–H groups in total. The van der Waals surface area contributed by atoms with Crippen molar-refractivity contribution in [3.05, 3.63) is 29.8 Å². The van der Waals surface area contributed by atoms with Crippen molar-refractivity contribution in [2.75, 3.05) is 33.3 Å². The Labute approximate surface area is 182 Å². The fourth-order valence-corrected chi connectivity index (χ4v) is 6.15. The Morgan fingerprint density at radius 2 is 2.03 bits per heavy atom. The monoisotopic (exact) mass is 420 g/mol. The van der Waals surface area contributed by atoms with Gasteiger partial charge in [-0.1, -0.05) is 25.5 Å². The quantitative estimate of drug-likeness (QED) is 0.714. The first kappa shape index (κ1) is 22.4. The van der Waals surface area contributed by atoms with E-state index in [0.717, 1.165) is 69.4 Å². The molecule has 1 amide bonds. The smallest absolute Gasteiger partial charge is 0.229 e. The number of methoxy groups -OCH3 is 1. The van der Waals surface area contributed by atoms with Gasteiger partial charge >= 0.3 is 0 Å². The summed E-state index contributed by atoms with van der Waals surface area (Å²) in [6, 6.07) is 8.36. The number of hydrogen-bond acceptors (Lipinski definition) is 3. The summed E-state index contributed by atoms with van der Waals surface area (Å²) in [5.74, 6) is 3.39. The van der Waals surface area contributed by atoms with E-state index in [-0.39, 0.29) is 17.8 Å². The van der Waals surface area contributed by atoms with Gasteiger partial charge < -0.3 is 15.0 Å². The number of carbonyl (C=O) groups is 1. The predicted octanol–water partition coefficient (Wildman–Crippen LogP) is 4.31. The van der Waals surface area contributed by atoms with Crippen molar-refractivity contribution >= 4 is 18.3 Å². The molecule has 2 aliphatic carbocycles. The third-order valence-electron chi connectivity index (χ3n) is 7.64. The summed E-state index contributed by atoms with van der Waals surface area (Å²) in [6.07, 6.45) is 8.06. The average Bonchev–Trinajstić information content (AvgIpc) is 3.34. The molecule has 1 heterocycles. The Hall–Kier alpha value is -1.26. The van der Waals surface area contributed by atoms with E-state index < -0.39 is 0 Å². The number of benzene rings is 1. The molecule has 4 nitrogen and oxygen atoms in total. The zero-order valence-electron chi connectivity index (χ0n) is 18.0. The van der Waals surface area contributed by atoms with Crippen molar-refractivity contribution in [3.63, 3.8) is 0 Å². The molecule has 3 unspecified atom stereocenters. The van der Waals surface area contributed by atoms with Crippen molar-refractivity contribution in [2.24, 2.45) is 23.2 Å². The molecule has 0 radical (unpaired) electrons. The largest absolute Gasteiger partial charge is 0.497 e. The van der Waals surface area contributed by atoms with E-state index in [1.165, 1.54) is 24.8 Å². The lowest BCUT2D eigenvalue weighted by molar-refractivity contribution is -0.147. The number of hydrogen-bond donors (Lipinski definition) is 1. The van der Waals surface area contributed by atoms with Gasteiger partial charge in [0.2, 0.25) is 5.91 Å². The molecule has 29 heavy (non-hydrogen) atoms. The van der Waals surface area contributed by atoms with Crippen molar-refractivity contribution in [3.8, 4) is 5.75 Å². The molecule has 3 atom stereocenters. The zero-order chi connectivity index (χ0) is 19.6. The summed E-state index contributed by atoms with van der Waals surface area (Å²) in [5, 5.41) is 3.47. The van der Waals surface area contributed by atoms with Crippen LogP contribution < -0.4 is 10.1 Å². The van der Waals surface area contributed by atoms with Crippen LogP contribution in [0.4, 0.5) is 0 Å². The number of fused-ring (bicyclic) bond motifs is 2. The van der Waals surface area contributed by atoms with Gasteiger partial charge in [-0.2, -0.15) is 0 Å². The number of nitrogens with one attached hydrogen (secondary N) is 1. The van der Waals surface area contributed by atoms with Crippen LogP contribution >= 0.6 is 12.4 Å². The van der Waals surface area contributed by atoms with Crippen molar-refractivity contribution in [1.82, 2.24) is 10.2 Å². The first-order chi connectivity index (χ1) is 13.6. The van der Waals surface area contributed by atoms with Crippen LogP contribution in [-0.4, -0.2) is 44.1 Å². The minimum atomic E-state index is -0.177. The van der Waals surface area contributed by atoms with E-state index in [1.807, 2.05) is 6.07 Å². The molecule has 3 aliphatic rings. The Bertz CT molecular complexity index is 689. The van der Waals surface area contributed by atoms with E-state index in [0.29, 0.717) is 11.8 Å². The van der Waals surface area contributed by atoms with Gasteiger partial charge in [0.25, 0.3) is 0 Å². The van der Waals surface area contributed by atoms with Gasteiger partial charge in [0, 0.05) is 13.1 Å². The van der Waals surface area contributed by atoms with E-state index >= 15 is 0 Å². The van der Waals surface area contributed by atoms with Gasteiger partial charge in [-0.3, -0.25) is 4.79 Å². The molecule has 5 heteroatoms. The second kappa shape index (κ2) is 9.70.